The molecule has 4 heteroatoms. The van der Waals surface area contributed by atoms with E-state index in [-0.39, 0.29) is 5.78 Å². The number of halogens is 1. The van der Waals surface area contributed by atoms with Crippen molar-refractivity contribution in [3.8, 4) is 0 Å². The zero-order valence-electron chi connectivity index (χ0n) is 12.3. The molecule has 19 heavy (non-hydrogen) atoms. The van der Waals surface area contributed by atoms with Crippen molar-refractivity contribution in [2.45, 2.75) is 65.2 Å². The van der Waals surface area contributed by atoms with E-state index in [0.717, 1.165) is 24.2 Å². The van der Waals surface area contributed by atoms with Gasteiger partial charge in [0.05, 0.1) is 16.4 Å². The normalized spacial score (nSPS) is 10.9. The minimum Gasteiger partial charge on any atom is -0.299 e. The van der Waals surface area contributed by atoms with E-state index in [0.29, 0.717) is 17.9 Å². The summed E-state index contributed by atoms with van der Waals surface area (Å²) in [5, 5.41) is 4.86. The van der Waals surface area contributed by atoms with Crippen LogP contribution in [0, 0.1) is 6.92 Å². The van der Waals surface area contributed by atoms with Crippen LogP contribution in [0.4, 0.5) is 0 Å². The molecule has 0 unspecified atom stereocenters. The molecule has 0 aliphatic carbocycles. The third kappa shape index (κ3) is 5.35. The lowest BCUT2D eigenvalue weighted by Crippen LogP contribution is -2.07. The van der Waals surface area contributed by atoms with Gasteiger partial charge in [0, 0.05) is 19.9 Å². The van der Waals surface area contributed by atoms with Gasteiger partial charge in [0.25, 0.3) is 0 Å². The maximum atomic E-state index is 11.9. The number of aryl methyl sites for hydroxylation is 2. The van der Waals surface area contributed by atoms with Gasteiger partial charge in [0.2, 0.25) is 0 Å². The Morgan fingerprint density at radius 3 is 2.42 bits per heavy atom. The SMILES string of the molecule is CCCCCCCCC(=O)Cc1c(Cl)c(C)nn1C. The van der Waals surface area contributed by atoms with Crippen LogP contribution in [0.25, 0.3) is 0 Å². The van der Waals surface area contributed by atoms with Crippen LogP contribution in [0.5, 0.6) is 0 Å². The zero-order chi connectivity index (χ0) is 14.3. The van der Waals surface area contributed by atoms with Gasteiger partial charge in [-0.05, 0) is 13.3 Å². The quantitative estimate of drug-likeness (QED) is 0.636. The van der Waals surface area contributed by atoms with E-state index in [1.807, 2.05) is 14.0 Å². The second kappa shape index (κ2) is 8.36. The van der Waals surface area contributed by atoms with E-state index in [9.17, 15) is 4.79 Å². The molecule has 0 saturated carbocycles. The number of nitrogens with zero attached hydrogens (tertiary/aromatic N) is 2. The summed E-state index contributed by atoms with van der Waals surface area (Å²) in [6.45, 7) is 4.08. The molecule has 0 fully saturated rings. The Hall–Kier alpha value is -0.830. The molecule has 0 atom stereocenters. The summed E-state index contributed by atoms with van der Waals surface area (Å²) in [6, 6.07) is 0. The molecule has 1 rings (SSSR count). The van der Waals surface area contributed by atoms with Crippen molar-refractivity contribution in [3.05, 3.63) is 16.4 Å². The fraction of sp³-hybridized carbons (Fsp3) is 0.733. The number of unbranched alkanes of at least 4 members (excludes halogenated alkanes) is 5. The fourth-order valence-corrected chi connectivity index (χ4v) is 2.48. The summed E-state index contributed by atoms with van der Waals surface area (Å²) >= 11 is 6.14. The third-order valence-electron chi connectivity index (χ3n) is 3.44. The van der Waals surface area contributed by atoms with Crippen molar-refractivity contribution in [2.24, 2.45) is 7.05 Å². The molecule has 0 amide bonds. The fourth-order valence-electron chi connectivity index (χ4n) is 2.25. The molecule has 3 nitrogen and oxygen atoms in total. The topological polar surface area (TPSA) is 34.9 Å². The Labute approximate surface area is 121 Å². The molecule has 0 aliphatic rings. The first kappa shape index (κ1) is 16.2. The van der Waals surface area contributed by atoms with Crippen LogP contribution < -0.4 is 0 Å². The van der Waals surface area contributed by atoms with E-state index >= 15 is 0 Å². The lowest BCUT2D eigenvalue weighted by Gasteiger charge is -2.03. The van der Waals surface area contributed by atoms with E-state index in [1.165, 1.54) is 25.7 Å². The average Bonchev–Trinajstić information content (AvgIpc) is 2.60. The predicted octanol–water partition coefficient (Wildman–Crippen LogP) is 4.24. The first-order chi connectivity index (χ1) is 9.06. The number of hydrogen-bond donors (Lipinski definition) is 0. The van der Waals surface area contributed by atoms with Gasteiger partial charge in [-0.15, -0.1) is 0 Å². The minimum absolute atomic E-state index is 0.264. The summed E-state index contributed by atoms with van der Waals surface area (Å²) in [5.74, 6) is 0.264. The van der Waals surface area contributed by atoms with Crippen molar-refractivity contribution < 1.29 is 4.79 Å². The molecule has 0 saturated heterocycles. The van der Waals surface area contributed by atoms with Crippen LogP contribution in [0.2, 0.25) is 5.02 Å². The Morgan fingerprint density at radius 1 is 1.21 bits per heavy atom. The van der Waals surface area contributed by atoms with Gasteiger partial charge in [0.1, 0.15) is 5.78 Å². The summed E-state index contributed by atoms with van der Waals surface area (Å²) < 4.78 is 1.72. The predicted molar refractivity (Wildman–Crippen MR) is 79.7 cm³/mol. The Morgan fingerprint density at radius 2 is 1.84 bits per heavy atom. The van der Waals surface area contributed by atoms with Gasteiger partial charge in [-0.25, -0.2) is 0 Å². The standard InChI is InChI=1S/C15H25ClN2O/c1-4-5-6-7-8-9-10-13(19)11-14-15(16)12(2)17-18(14)3/h4-11H2,1-3H3. The average molecular weight is 285 g/mol. The van der Waals surface area contributed by atoms with Gasteiger partial charge in [-0.1, -0.05) is 50.6 Å². The number of ketones is 1. The minimum atomic E-state index is 0.264. The Balaban J connectivity index is 2.28. The highest BCUT2D eigenvalue weighted by atomic mass is 35.5. The Bertz CT molecular complexity index is 413. The molecule has 1 heterocycles. The van der Waals surface area contributed by atoms with E-state index < -0.39 is 0 Å². The largest absolute Gasteiger partial charge is 0.299 e. The molecular weight excluding hydrogens is 260 g/mol. The van der Waals surface area contributed by atoms with Crippen molar-refractivity contribution >= 4 is 17.4 Å². The molecular formula is C15H25ClN2O. The van der Waals surface area contributed by atoms with Crippen LogP contribution in [0.15, 0.2) is 0 Å². The van der Waals surface area contributed by atoms with Crippen molar-refractivity contribution in [1.82, 2.24) is 9.78 Å². The maximum Gasteiger partial charge on any atom is 0.138 e. The van der Waals surface area contributed by atoms with Gasteiger partial charge >= 0.3 is 0 Å². The Kier molecular flexibility index (Phi) is 7.14. The number of hydrogen-bond acceptors (Lipinski definition) is 2. The first-order valence-corrected chi connectivity index (χ1v) is 7.63. The second-order valence-corrected chi connectivity index (χ2v) is 5.58. The third-order valence-corrected chi connectivity index (χ3v) is 3.93. The molecule has 0 aliphatic heterocycles. The van der Waals surface area contributed by atoms with Gasteiger partial charge < -0.3 is 0 Å². The lowest BCUT2D eigenvalue weighted by atomic mass is 10.1. The molecule has 1 aromatic rings. The summed E-state index contributed by atoms with van der Waals surface area (Å²) in [6.07, 6.45) is 8.32. The van der Waals surface area contributed by atoms with Crippen LogP contribution in [-0.4, -0.2) is 15.6 Å². The molecule has 108 valence electrons. The highest BCUT2D eigenvalue weighted by Gasteiger charge is 2.14. The van der Waals surface area contributed by atoms with Crippen molar-refractivity contribution in [1.29, 1.82) is 0 Å². The monoisotopic (exact) mass is 284 g/mol. The molecule has 1 aromatic heterocycles. The van der Waals surface area contributed by atoms with E-state index in [4.69, 9.17) is 11.6 Å². The highest BCUT2D eigenvalue weighted by Crippen LogP contribution is 2.20. The van der Waals surface area contributed by atoms with Crippen molar-refractivity contribution in [3.63, 3.8) is 0 Å². The molecule has 0 radical (unpaired) electrons. The smallest absolute Gasteiger partial charge is 0.138 e. The summed E-state index contributed by atoms with van der Waals surface area (Å²) in [5.41, 5.74) is 1.64. The first-order valence-electron chi connectivity index (χ1n) is 7.26. The lowest BCUT2D eigenvalue weighted by molar-refractivity contribution is -0.118. The van der Waals surface area contributed by atoms with Gasteiger partial charge in [-0.2, -0.15) is 5.10 Å². The maximum absolute atomic E-state index is 11.9. The van der Waals surface area contributed by atoms with Crippen LogP contribution in [-0.2, 0) is 18.3 Å². The van der Waals surface area contributed by atoms with Crippen LogP contribution in [0.3, 0.4) is 0 Å². The van der Waals surface area contributed by atoms with Gasteiger partial charge in [-0.3, -0.25) is 9.48 Å². The zero-order valence-corrected chi connectivity index (χ0v) is 13.1. The molecule has 0 spiro atoms. The van der Waals surface area contributed by atoms with Gasteiger partial charge in [0.15, 0.2) is 0 Å². The highest BCUT2D eigenvalue weighted by molar-refractivity contribution is 6.32. The van der Waals surface area contributed by atoms with Crippen LogP contribution in [0.1, 0.15) is 63.3 Å². The molecule has 0 bridgehead atoms. The number of Topliss-reactive ketones (excluding diaryl/α,β-unsaturated/α-hetero) is 1. The molecule has 0 aromatic carbocycles. The molecule has 0 N–H and O–H groups in total. The number of aromatic nitrogens is 2. The van der Waals surface area contributed by atoms with Crippen LogP contribution >= 0.6 is 11.6 Å². The van der Waals surface area contributed by atoms with E-state index in [2.05, 4.69) is 12.0 Å². The number of carbonyl (C=O) groups is 1. The van der Waals surface area contributed by atoms with E-state index in [1.54, 1.807) is 4.68 Å². The second-order valence-electron chi connectivity index (χ2n) is 5.20. The summed E-state index contributed by atoms with van der Waals surface area (Å²) in [7, 11) is 1.84. The summed E-state index contributed by atoms with van der Waals surface area (Å²) in [4.78, 5) is 11.9. The van der Waals surface area contributed by atoms with Crippen molar-refractivity contribution in [2.75, 3.05) is 0 Å². The number of rotatable bonds is 9. The number of carbonyl (C=O) groups excluding carboxylic acids is 1.